The van der Waals surface area contributed by atoms with Crippen LogP contribution in [0, 0.1) is 0 Å². The van der Waals surface area contributed by atoms with E-state index in [0.717, 1.165) is 16.8 Å². The Morgan fingerprint density at radius 3 is 2.29 bits per heavy atom. The van der Waals surface area contributed by atoms with Crippen molar-refractivity contribution in [3.8, 4) is 11.1 Å². The van der Waals surface area contributed by atoms with Gasteiger partial charge in [0.2, 0.25) is 11.9 Å². The van der Waals surface area contributed by atoms with Gasteiger partial charge in [0.1, 0.15) is 0 Å². The van der Waals surface area contributed by atoms with Crippen LogP contribution in [-0.4, -0.2) is 22.3 Å². The summed E-state index contributed by atoms with van der Waals surface area (Å²) < 4.78 is 0. The molecule has 0 spiro atoms. The normalized spacial score (nSPS) is 10.6. The van der Waals surface area contributed by atoms with E-state index in [9.17, 15) is 0 Å². The lowest BCUT2D eigenvalue weighted by molar-refractivity contribution is 0.271. The number of benzene rings is 2. The Morgan fingerprint density at radius 1 is 1.08 bits per heavy atom. The smallest absolute Gasteiger partial charge is 0.248 e. The Morgan fingerprint density at radius 2 is 1.75 bits per heavy atom. The fourth-order valence-electron chi connectivity index (χ4n) is 2.20. The molecule has 0 fully saturated rings. The number of nitrogen functional groups attached to an aromatic ring is 1. The molecule has 3 aromatic rings. The fourth-order valence-corrected chi connectivity index (χ4v) is 2.91. The molecule has 2 aromatic carbocycles. The highest BCUT2D eigenvalue weighted by Crippen LogP contribution is 2.38. The van der Waals surface area contributed by atoms with Crippen molar-refractivity contribution in [3.05, 3.63) is 46.4 Å². The summed E-state index contributed by atoms with van der Waals surface area (Å²) in [5.41, 5.74) is 11.4. The van der Waals surface area contributed by atoms with E-state index in [1.54, 1.807) is 19.2 Å². The Bertz CT molecular complexity index is 826. The van der Waals surface area contributed by atoms with Gasteiger partial charge in [-0.2, -0.15) is 4.98 Å². The molecule has 0 aliphatic heterocycles. The summed E-state index contributed by atoms with van der Waals surface area (Å²) in [4.78, 5) is 8.83. The number of halogens is 2. The van der Waals surface area contributed by atoms with Crippen molar-refractivity contribution in [2.75, 3.05) is 23.6 Å². The molecule has 24 heavy (non-hydrogen) atoms. The summed E-state index contributed by atoms with van der Waals surface area (Å²) in [6, 6.07) is 11.0. The third-order valence-electron chi connectivity index (χ3n) is 3.19. The molecule has 0 unspecified atom stereocenters. The van der Waals surface area contributed by atoms with Crippen LogP contribution >= 0.6 is 23.2 Å². The Labute approximate surface area is 148 Å². The van der Waals surface area contributed by atoms with Crippen molar-refractivity contribution < 1.29 is 4.84 Å². The van der Waals surface area contributed by atoms with E-state index in [1.165, 1.54) is 0 Å². The maximum Gasteiger partial charge on any atom is 0.248 e. The quantitative estimate of drug-likeness (QED) is 0.509. The van der Waals surface area contributed by atoms with E-state index in [0.29, 0.717) is 21.7 Å². The number of anilines is 4. The van der Waals surface area contributed by atoms with Gasteiger partial charge in [0.25, 0.3) is 0 Å². The van der Waals surface area contributed by atoms with E-state index in [-0.39, 0.29) is 5.95 Å². The molecule has 7 nitrogen and oxygen atoms in total. The van der Waals surface area contributed by atoms with Gasteiger partial charge in [0.05, 0.1) is 22.8 Å². The standard InChI is InChI=1S/C15H14Cl2N6O/c1-24-23-9-4-2-8(3-5-9)13-11(16)6-10(7-12(13)17)19-15-20-14(18)21-22-15/h2-7,23H,1H3,(H4,18,19,20,21,22). The molecule has 0 bridgehead atoms. The van der Waals surface area contributed by atoms with Crippen molar-refractivity contribution in [1.82, 2.24) is 15.2 Å². The summed E-state index contributed by atoms with van der Waals surface area (Å²) in [5.74, 6) is 0.554. The first-order valence-electron chi connectivity index (χ1n) is 6.90. The minimum absolute atomic E-state index is 0.219. The molecular formula is C15H14Cl2N6O. The van der Waals surface area contributed by atoms with Crippen LogP contribution in [0.15, 0.2) is 36.4 Å². The van der Waals surface area contributed by atoms with Gasteiger partial charge in [0, 0.05) is 11.3 Å². The van der Waals surface area contributed by atoms with Crippen molar-refractivity contribution in [2.24, 2.45) is 0 Å². The average Bonchev–Trinajstić information content (AvgIpc) is 2.93. The second-order valence-corrected chi connectivity index (χ2v) is 5.68. The molecule has 1 aromatic heterocycles. The Balaban J connectivity index is 1.89. The molecule has 9 heteroatoms. The van der Waals surface area contributed by atoms with Crippen LogP contribution < -0.4 is 16.5 Å². The zero-order valence-electron chi connectivity index (χ0n) is 12.6. The van der Waals surface area contributed by atoms with Crippen LogP contribution in [0.4, 0.5) is 23.3 Å². The summed E-state index contributed by atoms with van der Waals surface area (Å²) in [6.45, 7) is 0. The van der Waals surface area contributed by atoms with Gasteiger partial charge >= 0.3 is 0 Å². The number of H-pyrrole nitrogens is 1. The van der Waals surface area contributed by atoms with Crippen molar-refractivity contribution >= 4 is 46.5 Å². The maximum atomic E-state index is 6.40. The first-order valence-corrected chi connectivity index (χ1v) is 7.66. The molecule has 0 saturated heterocycles. The molecule has 5 N–H and O–H groups in total. The molecule has 0 aliphatic carbocycles. The van der Waals surface area contributed by atoms with E-state index in [4.69, 9.17) is 33.8 Å². The van der Waals surface area contributed by atoms with Gasteiger partial charge in [-0.05, 0) is 29.8 Å². The highest BCUT2D eigenvalue weighted by molar-refractivity contribution is 6.39. The van der Waals surface area contributed by atoms with E-state index < -0.39 is 0 Å². The lowest BCUT2D eigenvalue weighted by Crippen LogP contribution is -1.95. The van der Waals surface area contributed by atoms with Gasteiger partial charge in [0.15, 0.2) is 0 Å². The molecule has 0 saturated carbocycles. The molecule has 124 valence electrons. The predicted molar refractivity (Wildman–Crippen MR) is 96.6 cm³/mol. The second-order valence-electron chi connectivity index (χ2n) is 4.87. The number of aromatic nitrogens is 3. The molecule has 1 heterocycles. The third kappa shape index (κ3) is 3.53. The predicted octanol–water partition coefficient (Wildman–Crippen LogP) is 4.08. The van der Waals surface area contributed by atoms with Crippen LogP contribution in [0.5, 0.6) is 0 Å². The number of nitrogens with zero attached hydrogens (tertiary/aromatic N) is 2. The number of aromatic amines is 1. The Kier molecular flexibility index (Phi) is 4.75. The van der Waals surface area contributed by atoms with Crippen LogP contribution in [0.2, 0.25) is 10.0 Å². The first-order chi connectivity index (χ1) is 11.6. The summed E-state index contributed by atoms with van der Waals surface area (Å²) in [5, 5.41) is 10.4. The van der Waals surface area contributed by atoms with Crippen LogP contribution in [0.3, 0.4) is 0 Å². The molecule has 0 amide bonds. The van der Waals surface area contributed by atoms with Gasteiger partial charge in [-0.3, -0.25) is 10.3 Å². The lowest BCUT2D eigenvalue weighted by atomic mass is 10.0. The van der Waals surface area contributed by atoms with E-state index in [1.807, 2.05) is 24.3 Å². The first kappa shape index (κ1) is 16.4. The topological polar surface area (TPSA) is 101 Å². The minimum atomic E-state index is 0.219. The van der Waals surface area contributed by atoms with Gasteiger partial charge in [-0.15, -0.1) is 5.10 Å². The SMILES string of the molecule is CONc1ccc(-c2c(Cl)cc(Nc3n[nH]c(N)n3)cc2Cl)cc1. The van der Waals surface area contributed by atoms with Crippen LogP contribution in [-0.2, 0) is 4.84 Å². The summed E-state index contributed by atoms with van der Waals surface area (Å²) in [7, 11) is 1.55. The molecule has 3 rings (SSSR count). The highest BCUT2D eigenvalue weighted by Gasteiger charge is 2.12. The fraction of sp³-hybridized carbons (Fsp3) is 0.0667. The number of nitrogens with one attached hydrogen (secondary N) is 3. The number of rotatable bonds is 5. The largest absolute Gasteiger partial charge is 0.368 e. The third-order valence-corrected chi connectivity index (χ3v) is 3.79. The van der Waals surface area contributed by atoms with Gasteiger partial charge in [-0.1, -0.05) is 35.3 Å². The zero-order valence-corrected chi connectivity index (χ0v) is 14.1. The monoisotopic (exact) mass is 364 g/mol. The minimum Gasteiger partial charge on any atom is -0.368 e. The number of hydrogen-bond donors (Lipinski definition) is 4. The van der Waals surface area contributed by atoms with Crippen LogP contribution in [0.25, 0.3) is 11.1 Å². The molecular weight excluding hydrogens is 351 g/mol. The lowest BCUT2D eigenvalue weighted by Gasteiger charge is -2.11. The molecule has 0 atom stereocenters. The summed E-state index contributed by atoms with van der Waals surface area (Å²) in [6.07, 6.45) is 0. The second kappa shape index (κ2) is 6.96. The number of hydrogen-bond acceptors (Lipinski definition) is 6. The van der Waals surface area contributed by atoms with Crippen molar-refractivity contribution in [1.29, 1.82) is 0 Å². The van der Waals surface area contributed by atoms with Gasteiger partial charge < -0.3 is 11.1 Å². The maximum absolute atomic E-state index is 6.40. The highest BCUT2D eigenvalue weighted by atomic mass is 35.5. The zero-order chi connectivity index (χ0) is 17.1. The Hall–Kier alpha value is -2.48. The summed E-state index contributed by atoms with van der Waals surface area (Å²) >= 11 is 12.8. The number of nitrogens with two attached hydrogens (primary N) is 1. The van der Waals surface area contributed by atoms with E-state index in [2.05, 4.69) is 26.0 Å². The molecule has 0 aliphatic rings. The molecule has 0 radical (unpaired) electrons. The van der Waals surface area contributed by atoms with E-state index >= 15 is 0 Å². The van der Waals surface area contributed by atoms with Crippen LogP contribution in [0.1, 0.15) is 0 Å². The van der Waals surface area contributed by atoms with Crippen molar-refractivity contribution in [2.45, 2.75) is 0 Å². The average molecular weight is 365 g/mol. The van der Waals surface area contributed by atoms with Gasteiger partial charge in [-0.25, -0.2) is 5.10 Å². The van der Waals surface area contributed by atoms with Crippen molar-refractivity contribution in [3.63, 3.8) is 0 Å².